The van der Waals surface area contributed by atoms with Crippen LogP contribution in [0.2, 0.25) is 0 Å². The summed E-state index contributed by atoms with van der Waals surface area (Å²) in [5.41, 5.74) is 2.40. The maximum Gasteiger partial charge on any atom is 0.132 e. The van der Waals surface area contributed by atoms with Gasteiger partial charge < -0.3 is 10.1 Å². The largest absolute Gasteiger partial charge is 0.388 e. The van der Waals surface area contributed by atoms with E-state index in [1.807, 2.05) is 19.1 Å². The third-order valence-corrected chi connectivity index (χ3v) is 2.43. The summed E-state index contributed by atoms with van der Waals surface area (Å²) < 4.78 is 13.2. The molecular weight excluding hydrogens is 219 g/mol. The highest BCUT2D eigenvalue weighted by Gasteiger charge is 2.07. The topological polar surface area (TPSA) is 48.9 Å². The molecule has 0 saturated heterocycles. The summed E-state index contributed by atoms with van der Waals surface area (Å²) in [6.45, 7) is 1.74. The van der Waals surface area contributed by atoms with E-state index in [9.17, 15) is 4.39 Å². The number of nitrogens with one attached hydrogen (secondary N) is 1. The minimum absolute atomic E-state index is 0.139. The van der Waals surface area contributed by atoms with Gasteiger partial charge in [-0.3, -0.25) is 0 Å². The van der Waals surface area contributed by atoms with Crippen molar-refractivity contribution in [3.05, 3.63) is 47.7 Å². The lowest BCUT2D eigenvalue weighted by atomic mass is 10.0. The maximum atomic E-state index is 13.2. The highest BCUT2D eigenvalue weighted by molar-refractivity contribution is 5.72. The normalized spacial score (nSPS) is 11.2. The zero-order chi connectivity index (χ0) is 12.3. The second kappa shape index (κ2) is 4.93. The predicted octanol–water partition coefficient (Wildman–Crippen LogP) is 2.74. The number of halogens is 1. The van der Waals surface area contributed by atoms with Crippen LogP contribution in [0.4, 0.5) is 4.39 Å². The third-order valence-electron chi connectivity index (χ3n) is 2.43. The van der Waals surface area contributed by atoms with Gasteiger partial charge in [-0.15, -0.1) is 0 Å². The number of hydrogen-bond acceptors (Lipinski definition) is 2. The molecule has 0 atom stereocenters. The van der Waals surface area contributed by atoms with Gasteiger partial charge in [0.05, 0.1) is 11.9 Å². The van der Waals surface area contributed by atoms with Crippen LogP contribution in [0.1, 0.15) is 18.3 Å². The van der Waals surface area contributed by atoms with Gasteiger partial charge in [-0.25, -0.2) is 9.37 Å². The van der Waals surface area contributed by atoms with Crippen molar-refractivity contribution in [2.75, 3.05) is 0 Å². The van der Waals surface area contributed by atoms with Gasteiger partial charge in [0, 0.05) is 5.56 Å². The fourth-order valence-corrected chi connectivity index (χ4v) is 1.68. The molecule has 0 bridgehead atoms. The molecule has 0 amide bonds. The Hall–Kier alpha value is -1.94. The number of aromatic amines is 1. The molecule has 17 heavy (non-hydrogen) atoms. The Kier molecular flexibility index (Phi) is 3.35. The van der Waals surface area contributed by atoms with Crippen molar-refractivity contribution in [3.63, 3.8) is 0 Å². The molecule has 1 aromatic heterocycles. The second-order valence-corrected chi connectivity index (χ2v) is 3.63. The van der Waals surface area contributed by atoms with Gasteiger partial charge in [0.1, 0.15) is 18.2 Å². The zero-order valence-electron chi connectivity index (χ0n) is 9.44. The van der Waals surface area contributed by atoms with Crippen molar-refractivity contribution in [2.45, 2.75) is 13.5 Å². The van der Waals surface area contributed by atoms with Gasteiger partial charge >= 0.3 is 0 Å². The lowest BCUT2D eigenvalue weighted by Crippen LogP contribution is -1.88. The van der Waals surface area contributed by atoms with Crippen LogP contribution in [0.15, 0.2) is 30.5 Å². The number of H-pyrrole nitrogens is 1. The van der Waals surface area contributed by atoms with Crippen LogP contribution in [-0.2, 0) is 6.61 Å². The molecule has 0 fully saturated rings. The minimum Gasteiger partial charge on any atom is -0.388 e. The molecule has 0 aliphatic rings. The van der Waals surface area contributed by atoms with Gasteiger partial charge in [0.25, 0.3) is 0 Å². The van der Waals surface area contributed by atoms with E-state index in [0.717, 1.165) is 16.8 Å². The summed E-state index contributed by atoms with van der Waals surface area (Å²) in [4.78, 5) is 6.99. The van der Waals surface area contributed by atoms with Crippen LogP contribution < -0.4 is 0 Å². The molecule has 0 aliphatic carbocycles. The molecule has 88 valence electrons. The number of imidazole rings is 1. The van der Waals surface area contributed by atoms with Crippen molar-refractivity contribution >= 4 is 6.08 Å². The predicted molar refractivity (Wildman–Crippen MR) is 64.6 cm³/mol. The first kappa shape index (κ1) is 11.5. The molecule has 1 aromatic carbocycles. The zero-order valence-corrected chi connectivity index (χ0v) is 9.44. The summed E-state index contributed by atoms with van der Waals surface area (Å²) >= 11 is 0. The molecule has 0 spiro atoms. The molecule has 2 aromatic rings. The number of rotatable bonds is 3. The molecule has 0 unspecified atom stereocenters. The number of allylic oxidation sites excluding steroid dienone is 1. The fraction of sp³-hybridized carbons (Fsp3) is 0.154. The molecule has 4 heteroatoms. The van der Waals surface area contributed by atoms with Crippen LogP contribution in [0, 0.1) is 5.82 Å². The smallest absolute Gasteiger partial charge is 0.132 e. The average Bonchev–Trinajstić information content (AvgIpc) is 2.78. The SMILES string of the molecule is C/C=C\c1cc(F)ccc1-c1cnc(CO)[nH]1. The van der Waals surface area contributed by atoms with Gasteiger partial charge in [-0.05, 0) is 30.7 Å². The van der Waals surface area contributed by atoms with Gasteiger partial charge in [0.2, 0.25) is 0 Å². The first-order valence-electron chi connectivity index (χ1n) is 5.32. The van der Waals surface area contributed by atoms with E-state index in [1.165, 1.54) is 12.1 Å². The number of aliphatic hydroxyl groups is 1. The van der Waals surface area contributed by atoms with Crippen LogP contribution in [0.25, 0.3) is 17.3 Å². The van der Waals surface area contributed by atoms with E-state index in [0.29, 0.717) is 5.82 Å². The summed E-state index contributed by atoms with van der Waals surface area (Å²) in [7, 11) is 0. The molecule has 0 aliphatic heterocycles. The summed E-state index contributed by atoms with van der Waals surface area (Å²) in [5, 5.41) is 8.95. The monoisotopic (exact) mass is 232 g/mol. The first-order valence-corrected chi connectivity index (χ1v) is 5.32. The van der Waals surface area contributed by atoms with Crippen molar-refractivity contribution in [1.82, 2.24) is 9.97 Å². The second-order valence-electron chi connectivity index (χ2n) is 3.63. The van der Waals surface area contributed by atoms with Crippen molar-refractivity contribution in [3.8, 4) is 11.3 Å². The van der Waals surface area contributed by atoms with E-state index >= 15 is 0 Å². The summed E-state index contributed by atoms with van der Waals surface area (Å²) in [5.74, 6) is 0.222. The van der Waals surface area contributed by atoms with Crippen LogP contribution in [0.3, 0.4) is 0 Å². The van der Waals surface area contributed by atoms with Crippen molar-refractivity contribution in [1.29, 1.82) is 0 Å². The van der Waals surface area contributed by atoms with E-state index < -0.39 is 0 Å². The highest BCUT2D eigenvalue weighted by Crippen LogP contribution is 2.24. The lowest BCUT2D eigenvalue weighted by molar-refractivity contribution is 0.272. The Morgan fingerprint density at radius 2 is 2.29 bits per heavy atom. The van der Waals surface area contributed by atoms with Crippen LogP contribution in [-0.4, -0.2) is 15.1 Å². The standard InChI is InChI=1S/C13H13FN2O/c1-2-3-9-6-10(14)4-5-11(9)12-7-15-13(8-17)16-12/h2-7,17H,8H2,1H3,(H,15,16)/b3-2-. The number of benzene rings is 1. The molecule has 3 nitrogen and oxygen atoms in total. The third kappa shape index (κ3) is 2.42. The fourth-order valence-electron chi connectivity index (χ4n) is 1.68. The van der Waals surface area contributed by atoms with Gasteiger partial charge in [-0.2, -0.15) is 0 Å². The van der Waals surface area contributed by atoms with Gasteiger partial charge in [0.15, 0.2) is 0 Å². The lowest BCUT2D eigenvalue weighted by Gasteiger charge is -2.03. The van der Waals surface area contributed by atoms with Crippen LogP contribution in [0.5, 0.6) is 0 Å². The van der Waals surface area contributed by atoms with E-state index in [1.54, 1.807) is 12.3 Å². The molecule has 2 rings (SSSR count). The molecule has 2 N–H and O–H groups in total. The molecular formula is C13H13FN2O. The Bertz CT molecular complexity index is 546. The van der Waals surface area contributed by atoms with Crippen molar-refractivity contribution in [2.24, 2.45) is 0 Å². The Morgan fingerprint density at radius 1 is 1.47 bits per heavy atom. The molecule has 1 heterocycles. The maximum absolute atomic E-state index is 13.2. The number of aliphatic hydroxyl groups excluding tert-OH is 1. The highest BCUT2D eigenvalue weighted by atomic mass is 19.1. The van der Waals surface area contributed by atoms with Crippen molar-refractivity contribution < 1.29 is 9.50 Å². The summed E-state index contributed by atoms with van der Waals surface area (Å²) in [6.07, 6.45) is 5.31. The number of nitrogens with zero attached hydrogens (tertiary/aromatic N) is 1. The average molecular weight is 232 g/mol. The Balaban J connectivity index is 2.50. The van der Waals surface area contributed by atoms with E-state index in [2.05, 4.69) is 9.97 Å². The minimum atomic E-state index is -0.274. The first-order chi connectivity index (χ1) is 8.24. The number of aromatic nitrogens is 2. The van der Waals surface area contributed by atoms with Gasteiger partial charge in [-0.1, -0.05) is 12.2 Å². The van der Waals surface area contributed by atoms with Crippen LogP contribution >= 0.6 is 0 Å². The number of hydrogen-bond donors (Lipinski definition) is 2. The van der Waals surface area contributed by atoms with E-state index in [4.69, 9.17) is 5.11 Å². The Labute approximate surface area is 98.6 Å². The quantitative estimate of drug-likeness (QED) is 0.854. The summed E-state index contributed by atoms with van der Waals surface area (Å²) in [6, 6.07) is 4.57. The molecule has 0 saturated carbocycles. The Morgan fingerprint density at radius 3 is 2.94 bits per heavy atom. The molecule has 0 radical (unpaired) electrons. The van der Waals surface area contributed by atoms with E-state index in [-0.39, 0.29) is 12.4 Å².